The summed E-state index contributed by atoms with van der Waals surface area (Å²) in [6.07, 6.45) is 1.66. The van der Waals surface area contributed by atoms with Crippen molar-refractivity contribution in [3.05, 3.63) is 35.4 Å². The van der Waals surface area contributed by atoms with Crippen LogP contribution < -0.4 is 4.90 Å². The third-order valence-corrected chi connectivity index (χ3v) is 3.63. The van der Waals surface area contributed by atoms with Crippen molar-refractivity contribution in [2.45, 2.75) is 20.8 Å². The number of ether oxygens (including phenoxy) is 1. The number of ketones is 1. The third-order valence-electron chi connectivity index (χ3n) is 3.63. The average molecular weight is 298 g/mol. The highest BCUT2D eigenvalue weighted by Gasteiger charge is 2.24. The first kappa shape index (κ1) is 16.3. The number of hydrogen-bond acceptors (Lipinski definition) is 4. The number of anilines is 1. The largest absolute Gasteiger partial charge is 0.378 e. The maximum Gasteiger partial charge on any atom is 0.178 e. The number of allylic oxidation sites excluding steroid dienone is 1. The molecule has 0 spiro atoms. The van der Waals surface area contributed by atoms with Crippen LogP contribution in [0, 0.1) is 16.7 Å². The maximum absolute atomic E-state index is 12.2. The molecule has 2 rings (SSSR count). The Hall–Kier alpha value is -2.12. The van der Waals surface area contributed by atoms with Gasteiger partial charge in [-0.15, -0.1) is 0 Å². The minimum absolute atomic E-state index is 0.132. The van der Waals surface area contributed by atoms with Crippen LogP contribution in [0.2, 0.25) is 0 Å². The number of nitrogens with zero attached hydrogens (tertiary/aromatic N) is 2. The molecule has 0 saturated carbocycles. The number of carbonyl (C=O) groups excluding carboxylic acids is 1. The summed E-state index contributed by atoms with van der Waals surface area (Å²) in [6, 6.07) is 9.95. The number of nitriles is 1. The number of morpholine rings is 1. The molecule has 4 heteroatoms. The van der Waals surface area contributed by atoms with E-state index in [1.165, 1.54) is 0 Å². The molecule has 1 aliphatic rings. The molecular formula is C18H22N2O2. The molecule has 0 atom stereocenters. The number of hydrogen-bond donors (Lipinski definition) is 0. The Bertz CT molecular complexity index is 597. The molecule has 0 amide bonds. The van der Waals surface area contributed by atoms with Crippen LogP contribution in [-0.2, 0) is 9.53 Å². The van der Waals surface area contributed by atoms with E-state index in [-0.39, 0.29) is 11.4 Å². The Morgan fingerprint density at radius 2 is 1.82 bits per heavy atom. The molecule has 1 aromatic carbocycles. The van der Waals surface area contributed by atoms with E-state index in [4.69, 9.17) is 4.74 Å². The minimum atomic E-state index is -0.546. The molecule has 4 nitrogen and oxygen atoms in total. The molecular weight excluding hydrogens is 276 g/mol. The van der Waals surface area contributed by atoms with Crippen molar-refractivity contribution in [3.8, 4) is 6.07 Å². The van der Waals surface area contributed by atoms with Gasteiger partial charge >= 0.3 is 0 Å². The Morgan fingerprint density at radius 1 is 1.23 bits per heavy atom. The second-order valence-electron chi connectivity index (χ2n) is 6.44. The van der Waals surface area contributed by atoms with Crippen molar-refractivity contribution in [1.82, 2.24) is 0 Å². The van der Waals surface area contributed by atoms with Gasteiger partial charge in [0.1, 0.15) is 6.07 Å². The van der Waals surface area contributed by atoms with Gasteiger partial charge in [-0.25, -0.2) is 0 Å². The van der Waals surface area contributed by atoms with Crippen molar-refractivity contribution < 1.29 is 9.53 Å². The highest BCUT2D eigenvalue weighted by atomic mass is 16.5. The zero-order valence-corrected chi connectivity index (χ0v) is 13.4. The topological polar surface area (TPSA) is 53.3 Å². The first-order valence-electron chi connectivity index (χ1n) is 7.51. The van der Waals surface area contributed by atoms with E-state index in [1.807, 2.05) is 51.1 Å². The Labute approximate surface area is 132 Å². The smallest absolute Gasteiger partial charge is 0.178 e. The van der Waals surface area contributed by atoms with E-state index in [0.29, 0.717) is 0 Å². The highest BCUT2D eigenvalue weighted by molar-refractivity contribution is 6.06. The summed E-state index contributed by atoms with van der Waals surface area (Å²) in [7, 11) is 0. The lowest BCUT2D eigenvalue weighted by molar-refractivity contribution is -0.121. The minimum Gasteiger partial charge on any atom is -0.378 e. The lowest BCUT2D eigenvalue weighted by atomic mass is 9.86. The number of benzene rings is 1. The van der Waals surface area contributed by atoms with Gasteiger partial charge in [0, 0.05) is 24.2 Å². The lowest BCUT2D eigenvalue weighted by Gasteiger charge is -2.28. The first-order chi connectivity index (χ1) is 10.4. The SMILES string of the molecule is CC(C)(C)C(=O)/C(C#N)=C/c1ccc(N2CCOCC2)cc1. The molecule has 1 aliphatic heterocycles. The fourth-order valence-corrected chi connectivity index (χ4v) is 2.32. The van der Waals surface area contributed by atoms with Crippen molar-refractivity contribution in [3.63, 3.8) is 0 Å². The van der Waals surface area contributed by atoms with Crippen LogP contribution in [-0.4, -0.2) is 32.1 Å². The fourth-order valence-electron chi connectivity index (χ4n) is 2.32. The first-order valence-corrected chi connectivity index (χ1v) is 7.51. The van der Waals surface area contributed by atoms with Gasteiger partial charge in [-0.2, -0.15) is 5.26 Å². The van der Waals surface area contributed by atoms with Gasteiger partial charge in [0.25, 0.3) is 0 Å². The summed E-state index contributed by atoms with van der Waals surface area (Å²) >= 11 is 0. The molecule has 0 bridgehead atoms. The van der Waals surface area contributed by atoms with Crippen molar-refractivity contribution in [2.24, 2.45) is 5.41 Å². The van der Waals surface area contributed by atoms with Gasteiger partial charge in [0.05, 0.1) is 18.8 Å². The second kappa shape index (κ2) is 6.76. The van der Waals surface area contributed by atoms with Crippen molar-refractivity contribution in [1.29, 1.82) is 5.26 Å². The van der Waals surface area contributed by atoms with Gasteiger partial charge in [0.15, 0.2) is 5.78 Å². The zero-order valence-electron chi connectivity index (χ0n) is 13.4. The standard InChI is InChI=1S/C18H22N2O2/c1-18(2,3)17(21)15(13-19)12-14-4-6-16(7-5-14)20-8-10-22-11-9-20/h4-7,12H,8-11H2,1-3H3/b15-12+. The van der Waals surface area contributed by atoms with Crippen LogP contribution in [0.3, 0.4) is 0 Å². The summed E-state index contributed by atoms with van der Waals surface area (Å²) in [5, 5.41) is 9.22. The molecule has 0 radical (unpaired) electrons. The van der Waals surface area contributed by atoms with Gasteiger partial charge in [0.2, 0.25) is 0 Å². The predicted molar refractivity (Wildman–Crippen MR) is 87.5 cm³/mol. The molecule has 0 aliphatic carbocycles. The normalized spacial score (nSPS) is 16.3. The molecule has 0 aromatic heterocycles. The quantitative estimate of drug-likeness (QED) is 0.636. The van der Waals surface area contributed by atoms with E-state index in [9.17, 15) is 10.1 Å². The van der Waals surface area contributed by atoms with Gasteiger partial charge in [-0.3, -0.25) is 4.79 Å². The van der Waals surface area contributed by atoms with Crippen LogP contribution in [0.4, 0.5) is 5.69 Å². The van der Waals surface area contributed by atoms with Crippen LogP contribution in [0.1, 0.15) is 26.3 Å². The van der Waals surface area contributed by atoms with Gasteiger partial charge < -0.3 is 9.64 Å². The Balaban J connectivity index is 2.17. The highest BCUT2D eigenvalue weighted by Crippen LogP contribution is 2.22. The summed E-state index contributed by atoms with van der Waals surface area (Å²) in [6.45, 7) is 8.75. The number of rotatable bonds is 3. The molecule has 0 N–H and O–H groups in total. The molecule has 1 aromatic rings. The van der Waals surface area contributed by atoms with E-state index >= 15 is 0 Å². The maximum atomic E-state index is 12.2. The van der Waals surface area contributed by atoms with E-state index in [2.05, 4.69) is 4.90 Å². The molecule has 22 heavy (non-hydrogen) atoms. The lowest BCUT2D eigenvalue weighted by Crippen LogP contribution is -2.36. The molecule has 1 saturated heterocycles. The summed E-state index contributed by atoms with van der Waals surface area (Å²) in [5.74, 6) is -0.132. The van der Waals surface area contributed by atoms with Crippen LogP contribution in [0.5, 0.6) is 0 Å². The second-order valence-corrected chi connectivity index (χ2v) is 6.44. The zero-order chi connectivity index (χ0) is 16.2. The predicted octanol–water partition coefficient (Wildman–Crippen LogP) is 3.05. The summed E-state index contributed by atoms with van der Waals surface area (Å²) < 4.78 is 5.35. The van der Waals surface area contributed by atoms with Gasteiger partial charge in [-0.1, -0.05) is 32.9 Å². The monoisotopic (exact) mass is 298 g/mol. The van der Waals surface area contributed by atoms with E-state index in [1.54, 1.807) is 6.08 Å². The Kier molecular flexibility index (Phi) is 4.99. The molecule has 1 fully saturated rings. The van der Waals surface area contributed by atoms with Crippen molar-refractivity contribution >= 4 is 17.5 Å². The van der Waals surface area contributed by atoms with E-state index < -0.39 is 5.41 Å². The summed E-state index contributed by atoms with van der Waals surface area (Å²) in [4.78, 5) is 14.5. The van der Waals surface area contributed by atoms with Crippen LogP contribution >= 0.6 is 0 Å². The fraction of sp³-hybridized carbons (Fsp3) is 0.444. The molecule has 1 heterocycles. The molecule has 116 valence electrons. The van der Waals surface area contributed by atoms with Gasteiger partial charge in [-0.05, 0) is 23.8 Å². The molecule has 0 unspecified atom stereocenters. The van der Waals surface area contributed by atoms with Crippen LogP contribution in [0.15, 0.2) is 29.8 Å². The summed E-state index contributed by atoms with van der Waals surface area (Å²) in [5.41, 5.74) is 1.66. The average Bonchev–Trinajstić information content (AvgIpc) is 2.52. The van der Waals surface area contributed by atoms with E-state index in [0.717, 1.165) is 37.6 Å². The van der Waals surface area contributed by atoms with Crippen molar-refractivity contribution in [2.75, 3.05) is 31.2 Å². The number of carbonyl (C=O) groups is 1. The third kappa shape index (κ3) is 3.96. The number of Topliss-reactive ketones (excluding diaryl/α,β-unsaturated/α-hetero) is 1. The van der Waals surface area contributed by atoms with Crippen LogP contribution in [0.25, 0.3) is 6.08 Å². The Morgan fingerprint density at radius 3 is 2.32 bits per heavy atom.